The number of nitriles is 1. The van der Waals surface area contributed by atoms with Crippen molar-refractivity contribution in [2.45, 2.75) is 24.9 Å². The SMILES string of the molecule is Cc1cccc(S(=O)(=O)N(Cc2ccc(C#N)cc2)Cc2ccccn2)c1. The van der Waals surface area contributed by atoms with E-state index in [2.05, 4.69) is 11.1 Å². The Balaban J connectivity index is 1.97. The van der Waals surface area contributed by atoms with Crippen molar-refractivity contribution >= 4 is 10.0 Å². The first-order valence-corrected chi connectivity index (χ1v) is 9.89. The van der Waals surface area contributed by atoms with Crippen molar-refractivity contribution in [2.24, 2.45) is 0 Å². The molecule has 0 aliphatic carbocycles. The molecule has 6 heteroatoms. The number of rotatable bonds is 6. The van der Waals surface area contributed by atoms with Gasteiger partial charge in [0.15, 0.2) is 0 Å². The van der Waals surface area contributed by atoms with Crippen LogP contribution >= 0.6 is 0 Å². The molecule has 0 aliphatic heterocycles. The van der Waals surface area contributed by atoms with E-state index in [4.69, 9.17) is 5.26 Å². The predicted octanol–water partition coefficient (Wildman–Crippen LogP) is 3.65. The highest BCUT2D eigenvalue weighted by Crippen LogP contribution is 2.21. The fraction of sp³-hybridized carbons (Fsp3) is 0.143. The van der Waals surface area contributed by atoms with Gasteiger partial charge < -0.3 is 0 Å². The van der Waals surface area contributed by atoms with Gasteiger partial charge in [-0.25, -0.2) is 8.42 Å². The van der Waals surface area contributed by atoms with Crippen molar-refractivity contribution in [3.8, 4) is 6.07 Å². The molecule has 0 N–H and O–H groups in total. The Kier molecular flexibility index (Phi) is 5.65. The second-order valence-corrected chi connectivity index (χ2v) is 8.16. The molecule has 5 nitrogen and oxygen atoms in total. The molecule has 0 unspecified atom stereocenters. The van der Waals surface area contributed by atoms with Crippen LogP contribution in [0.15, 0.2) is 77.8 Å². The van der Waals surface area contributed by atoms with Crippen molar-refractivity contribution in [1.29, 1.82) is 5.26 Å². The summed E-state index contributed by atoms with van der Waals surface area (Å²) in [5, 5.41) is 8.94. The number of aromatic nitrogens is 1. The van der Waals surface area contributed by atoms with Gasteiger partial charge in [-0.3, -0.25) is 4.98 Å². The maximum Gasteiger partial charge on any atom is 0.243 e. The van der Waals surface area contributed by atoms with Crippen molar-refractivity contribution in [2.75, 3.05) is 0 Å². The minimum absolute atomic E-state index is 0.164. The van der Waals surface area contributed by atoms with Crippen molar-refractivity contribution < 1.29 is 8.42 Å². The smallest absolute Gasteiger partial charge is 0.243 e. The molecule has 1 aromatic heterocycles. The highest BCUT2D eigenvalue weighted by atomic mass is 32.2. The van der Waals surface area contributed by atoms with Crippen LogP contribution in [0, 0.1) is 18.3 Å². The number of benzene rings is 2. The summed E-state index contributed by atoms with van der Waals surface area (Å²) in [6.07, 6.45) is 1.65. The molecule has 0 aliphatic rings. The number of hydrogen-bond donors (Lipinski definition) is 0. The summed E-state index contributed by atoms with van der Waals surface area (Å²) >= 11 is 0. The summed E-state index contributed by atoms with van der Waals surface area (Å²) in [5.41, 5.74) is 2.90. The van der Waals surface area contributed by atoms with Crippen molar-refractivity contribution in [3.63, 3.8) is 0 Å². The Hall–Kier alpha value is -3.01. The molecule has 3 aromatic rings. The zero-order chi connectivity index (χ0) is 19.3. The molecule has 27 heavy (non-hydrogen) atoms. The van der Waals surface area contributed by atoms with Crippen molar-refractivity contribution in [3.05, 3.63) is 95.3 Å². The summed E-state index contributed by atoms with van der Waals surface area (Å²) in [6, 6.07) is 21.3. The molecular weight excluding hydrogens is 358 g/mol. The van der Waals surface area contributed by atoms with Gasteiger partial charge in [0, 0.05) is 12.7 Å². The van der Waals surface area contributed by atoms with Crippen LogP contribution in [0.4, 0.5) is 0 Å². The Morgan fingerprint density at radius 2 is 1.78 bits per heavy atom. The first kappa shape index (κ1) is 18.8. The lowest BCUT2D eigenvalue weighted by Crippen LogP contribution is -2.30. The third-order valence-corrected chi connectivity index (χ3v) is 5.92. The molecule has 0 atom stereocenters. The fourth-order valence-corrected chi connectivity index (χ4v) is 4.22. The first-order valence-electron chi connectivity index (χ1n) is 8.45. The number of pyridine rings is 1. The normalized spacial score (nSPS) is 11.3. The molecule has 136 valence electrons. The van der Waals surface area contributed by atoms with E-state index in [9.17, 15) is 8.42 Å². The van der Waals surface area contributed by atoms with Crippen LogP contribution < -0.4 is 0 Å². The van der Waals surface area contributed by atoms with Gasteiger partial charge in [0.1, 0.15) is 0 Å². The van der Waals surface area contributed by atoms with E-state index in [1.165, 1.54) is 4.31 Å². The minimum Gasteiger partial charge on any atom is -0.260 e. The third kappa shape index (κ3) is 4.59. The molecular formula is C21H19N3O2S. The zero-order valence-electron chi connectivity index (χ0n) is 14.9. The first-order chi connectivity index (χ1) is 13.0. The predicted molar refractivity (Wildman–Crippen MR) is 103 cm³/mol. The van der Waals surface area contributed by atoms with Crippen molar-refractivity contribution in [1.82, 2.24) is 9.29 Å². The van der Waals surface area contributed by atoms with Gasteiger partial charge in [0.05, 0.1) is 28.8 Å². The summed E-state index contributed by atoms with van der Waals surface area (Å²) in [4.78, 5) is 4.52. The summed E-state index contributed by atoms with van der Waals surface area (Å²) in [5.74, 6) is 0. The second kappa shape index (κ2) is 8.12. The van der Waals surface area contributed by atoms with E-state index < -0.39 is 10.0 Å². The maximum atomic E-state index is 13.3. The van der Waals surface area contributed by atoms with Gasteiger partial charge in [-0.2, -0.15) is 9.57 Å². The lowest BCUT2D eigenvalue weighted by Gasteiger charge is -2.22. The molecule has 1 heterocycles. The number of nitrogens with zero attached hydrogens (tertiary/aromatic N) is 3. The Bertz CT molecular complexity index is 1060. The van der Waals surface area contributed by atoms with Crippen LogP contribution in [0.2, 0.25) is 0 Å². The van der Waals surface area contributed by atoms with E-state index in [1.54, 1.807) is 60.8 Å². The molecule has 0 fully saturated rings. The van der Waals surface area contributed by atoms with Gasteiger partial charge in [-0.05, 0) is 54.4 Å². The lowest BCUT2D eigenvalue weighted by molar-refractivity contribution is 0.397. The van der Waals surface area contributed by atoms with Gasteiger partial charge in [-0.15, -0.1) is 0 Å². The van der Waals surface area contributed by atoms with Crippen LogP contribution in [-0.2, 0) is 23.1 Å². The summed E-state index contributed by atoms with van der Waals surface area (Å²) in [6.45, 7) is 2.22. The molecule has 3 rings (SSSR count). The van der Waals surface area contributed by atoms with E-state index in [1.807, 2.05) is 19.1 Å². The van der Waals surface area contributed by atoms with Gasteiger partial charge in [-0.1, -0.05) is 30.3 Å². The Labute approximate surface area is 159 Å². The van der Waals surface area contributed by atoms with Gasteiger partial charge >= 0.3 is 0 Å². The number of aryl methyl sites for hydroxylation is 1. The molecule has 0 amide bonds. The lowest BCUT2D eigenvalue weighted by atomic mass is 10.1. The van der Waals surface area contributed by atoms with Crippen LogP contribution in [0.5, 0.6) is 0 Å². The zero-order valence-corrected chi connectivity index (χ0v) is 15.7. The standard InChI is InChI=1S/C21H19N3O2S/c1-17-5-4-7-21(13-17)27(25,26)24(16-20-6-2-3-12-23-20)15-19-10-8-18(14-22)9-11-19/h2-13H,15-16H2,1H3. The number of sulfonamides is 1. The second-order valence-electron chi connectivity index (χ2n) is 6.22. The number of hydrogen-bond acceptors (Lipinski definition) is 4. The highest BCUT2D eigenvalue weighted by molar-refractivity contribution is 7.89. The highest BCUT2D eigenvalue weighted by Gasteiger charge is 2.25. The topological polar surface area (TPSA) is 74.1 Å². The van der Waals surface area contributed by atoms with Gasteiger partial charge in [0.25, 0.3) is 0 Å². The summed E-state index contributed by atoms with van der Waals surface area (Å²) in [7, 11) is -3.71. The monoisotopic (exact) mass is 377 g/mol. The van der Waals surface area contributed by atoms with E-state index >= 15 is 0 Å². The summed E-state index contributed by atoms with van der Waals surface area (Å²) < 4.78 is 27.9. The molecule has 0 saturated heterocycles. The molecule has 0 spiro atoms. The maximum absolute atomic E-state index is 13.3. The van der Waals surface area contributed by atoms with Crippen LogP contribution in [-0.4, -0.2) is 17.7 Å². The largest absolute Gasteiger partial charge is 0.260 e. The quantitative estimate of drug-likeness (QED) is 0.657. The third-order valence-electron chi connectivity index (χ3n) is 4.13. The fourth-order valence-electron chi connectivity index (χ4n) is 2.71. The van der Waals surface area contributed by atoms with E-state index in [0.29, 0.717) is 11.3 Å². The molecule has 2 aromatic carbocycles. The van der Waals surface area contributed by atoms with Gasteiger partial charge in [0.2, 0.25) is 10.0 Å². The van der Waals surface area contributed by atoms with Crippen LogP contribution in [0.1, 0.15) is 22.4 Å². The average molecular weight is 377 g/mol. The molecule has 0 bridgehead atoms. The van der Waals surface area contributed by atoms with Crippen LogP contribution in [0.3, 0.4) is 0 Å². The molecule has 0 saturated carbocycles. The minimum atomic E-state index is -3.71. The average Bonchev–Trinajstić information content (AvgIpc) is 2.69. The Morgan fingerprint density at radius 3 is 2.41 bits per heavy atom. The van der Waals surface area contributed by atoms with E-state index in [-0.39, 0.29) is 18.0 Å². The molecule has 0 radical (unpaired) electrons. The van der Waals surface area contributed by atoms with E-state index in [0.717, 1.165) is 11.1 Å². The Morgan fingerprint density at radius 1 is 1.00 bits per heavy atom. The van der Waals surface area contributed by atoms with Crippen LogP contribution in [0.25, 0.3) is 0 Å².